The highest BCUT2D eigenvalue weighted by Gasteiger charge is 2.12. The molecule has 0 aliphatic heterocycles. The molecular weight excluding hydrogens is 622 g/mol. The van der Waals surface area contributed by atoms with E-state index in [-0.39, 0.29) is 11.7 Å². The number of thiocarbonyl (C=S) groups is 1. The van der Waals surface area contributed by atoms with Crippen molar-refractivity contribution in [3.63, 3.8) is 0 Å². The molecular formula is C27H27Br2N3O4S. The SMILES string of the molecule is CC(C)c1ccc(OCC(=O)NNC(=S)NC(=O)c2ccc(OCCc3ccccc3)c(Br)c2)c(Br)c1. The van der Waals surface area contributed by atoms with Crippen LogP contribution in [0.25, 0.3) is 0 Å². The van der Waals surface area contributed by atoms with Crippen molar-refractivity contribution < 1.29 is 19.1 Å². The van der Waals surface area contributed by atoms with Gasteiger partial charge in [-0.15, -0.1) is 0 Å². The molecule has 10 heteroatoms. The van der Waals surface area contributed by atoms with Crippen molar-refractivity contribution in [3.8, 4) is 11.5 Å². The molecule has 0 heterocycles. The van der Waals surface area contributed by atoms with Gasteiger partial charge in [-0.2, -0.15) is 0 Å². The second kappa shape index (κ2) is 14.1. The summed E-state index contributed by atoms with van der Waals surface area (Å²) in [6.07, 6.45) is 0.772. The van der Waals surface area contributed by atoms with Crippen molar-refractivity contribution >= 4 is 61.0 Å². The first kappa shape index (κ1) is 28.6. The van der Waals surface area contributed by atoms with Crippen LogP contribution in [-0.4, -0.2) is 30.1 Å². The number of rotatable bonds is 9. The fourth-order valence-corrected chi connectivity index (χ4v) is 4.34. The Morgan fingerprint density at radius 2 is 1.57 bits per heavy atom. The Balaban J connectivity index is 1.41. The lowest BCUT2D eigenvalue weighted by Gasteiger charge is -2.13. The third-order valence-electron chi connectivity index (χ3n) is 5.21. The molecule has 0 aromatic heterocycles. The molecule has 3 N–H and O–H groups in total. The first-order valence-corrected chi connectivity index (χ1v) is 13.5. The average molecular weight is 649 g/mol. The molecule has 0 unspecified atom stereocenters. The molecule has 0 saturated carbocycles. The fourth-order valence-electron chi connectivity index (χ4n) is 3.19. The molecule has 0 radical (unpaired) electrons. The van der Waals surface area contributed by atoms with Crippen molar-refractivity contribution in [1.29, 1.82) is 0 Å². The predicted octanol–water partition coefficient (Wildman–Crippen LogP) is 5.67. The van der Waals surface area contributed by atoms with Gasteiger partial charge in [0.05, 0.1) is 15.6 Å². The Kier molecular flexibility index (Phi) is 10.9. The van der Waals surface area contributed by atoms with Gasteiger partial charge in [-0.3, -0.25) is 25.8 Å². The smallest absolute Gasteiger partial charge is 0.276 e. The van der Waals surface area contributed by atoms with Crippen LogP contribution in [-0.2, 0) is 11.2 Å². The number of ether oxygens (including phenoxy) is 2. The normalized spacial score (nSPS) is 10.5. The summed E-state index contributed by atoms with van der Waals surface area (Å²) in [6, 6.07) is 20.8. The lowest BCUT2D eigenvalue weighted by atomic mass is 10.0. The van der Waals surface area contributed by atoms with Crippen molar-refractivity contribution in [3.05, 3.63) is 92.4 Å². The molecule has 37 heavy (non-hydrogen) atoms. The summed E-state index contributed by atoms with van der Waals surface area (Å²) in [5.74, 6) is 0.663. The van der Waals surface area contributed by atoms with Gasteiger partial charge >= 0.3 is 0 Å². The molecule has 0 atom stereocenters. The quantitative estimate of drug-likeness (QED) is 0.205. The van der Waals surface area contributed by atoms with Crippen LogP contribution in [0, 0.1) is 0 Å². The van der Waals surface area contributed by atoms with Gasteiger partial charge < -0.3 is 9.47 Å². The number of carbonyl (C=O) groups excluding carboxylic acids is 2. The van der Waals surface area contributed by atoms with E-state index in [1.165, 1.54) is 5.56 Å². The summed E-state index contributed by atoms with van der Waals surface area (Å²) in [7, 11) is 0. The Labute approximate surface area is 238 Å². The Morgan fingerprint density at radius 1 is 0.892 bits per heavy atom. The minimum Gasteiger partial charge on any atom is -0.492 e. The number of amides is 2. The predicted molar refractivity (Wildman–Crippen MR) is 155 cm³/mol. The van der Waals surface area contributed by atoms with Crippen LogP contribution in [0.2, 0.25) is 0 Å². The van der Waals surface area contributed by atoms with E-state index in [9.17, 15) is 9.59 Å². The molecule has 7 nitrogen and oxygen atoms in total. The van der Waals surface area contributed by atoms with Crippen LogP contribution >= 0.6 is 44.1 Å². The van der Waals surface area contributed by atoms with Crippen LogP contribution in [0.4, 0.5) is 0 Å². The largest absolute Gasteiger partial charge is 0.492 e. The van der Waals surface area contributed by atoms with Gasteiger partial charge in [0.1, 0.15) is 11.5 Å². The van der Waals surface area contributed by atoms with E-state index >= 15 is 0 Å². The topological polar surface area (TPSA) is 88.7 Å². The molecule has 0 fully saturated rings. The van der Waals surface area contributed by atoms with Gasteiger partial charge in [0.25, 0.3) is 11.8 Å². The maximum Gasteiger partial charge on any atom is 0.276 e. The van der Waals surface area contributed by atoms with E-state index in [4.69, 9.17) is 21.7 Å². The molecule has 3 aromatic rings. The molecule has 194 valence electrons. The first-order valence-electron chi connectivity index (χ1n) is 11.5. The van der Waals surface area contributed by atoms with Gasteiger partial charge in [-0.05, 0) is 91.5 Å². The highest BCUT2D eigenvalue weighted by Crippen LogP contribution is 2.29. The molecule has 2 amide bonds. The molecule has 0 bridgehead atoms. The molecule has 0 aliphatic rings. The van der Waals surface area contributed by atoms with Crippen molar-refractivity contribution in [2.75, 3.05) is 13.2 Å². The summed E-state index contributed by atoms with van der Waals surface area (Å²) < 4.78 is 12.8. The first-order chi connectivity index (χ1) is 17.7. The second-order valence-corrected chi connectivity index (χ2v) is 10.4. The lowest BCUT2D eigenvalue weighted by Crippen LogP contribution is -2.49. The van der Waals surface area contributed by atoms with Crippen molar-refractivity contribution in [1.82, 2.24) is 16.2 Å². The van der Waals surface area contributed by atoms with E-state index in [0.717, 1.165) is 16.5 Å². The zero-order chi connectivity index (χ0) is 26.8. The van der Waals surface area contributed by atoms with E-state index in [2.05, 4.69) is 61.9 Å². The maximum absolute atomic E-state index is 12.5. The summed E-state index contributed by atoms with van der Waals surface area (Å²) >= 11 is 12.0. The minimum absolute atomic E-state index is 0.0554. The summed E-state index contributed by atoms with van der Waals surface area (Å²) in [5, 5.41) is 2.46. The van der Waals surface area contributed by atoms with Gasteiger partial charge in [0, 0.05) is 12.0 Å². The molecule has 0 aliphatic carbocycles. The zero-order valence-corrected chi connectivity index (χ0v) is 24.3. The van der Waals surface area contributed by atoms with Crippen LogP contribution < -0.4 is 25.6 Å². The van der Waals surface area contributed by atoms with Crippen LogP contribution in [0.5, 0.6) is 11.5 Å². The van der Waals surface area contributed by atoms with Crippen LogP contribution in [0.1, 0.15) is 41.3 Å². The molecule has 3 aromatic carbocycles. The van der Waals surface area contributed by atoms with Gasteiger partial charge in [0.2, 0.25) is 0 Å². The van der Waals surface area contributed by atoms with Gasteiger partial charge in [-0.25, -0.2) is 0 Å². The third kappa shape index (κ3) is 9.14. The Bertz CT molecular complexity index is 1260. The molecule has 0 spiro atoms. The number of halogens is 2. The average Bonchev–Trinajstić information content (AvgIpc) is 2.88. The number of benzene rings is 3. The third-order valence-corrected chi connectivity index (χ3v) is 6.65. The minimum atomic E-state index is -0.462. The Morgan fingerprint density at radius 3 is 2.24 bits per heavy atom. The highest BCUT2D eigenvalue weighted by atomic mass is 79.9. The van der Waals surface area contributed by atoms with E-state index in [1.54, 1.807) is 18.2 Å². The van der Waals surface area contributed by atoms with Crippen LogP contribution in [0.15, 0.2) is 75.7 Å². The maximum atomic E-state index is 12.5. The van der Waals surface area contributed by atoms with Crippen LogP contribution in [0.3, 0.4) is 0 Å². The molecule has 3 rings (SSSR count). The van der Waals surface area contributed by atoms with E-state index in [1.807, 2.05) is 48.5 Å². The fraction of sp³-hybridized carbons (Fsp3) is 0.222. The standard InChI is InChI=1S/C27H27Br2N3O4S/c1-17(2)19-8-10-24(21(28)14-19)36-16-25(33)31-32-27(37)30-26(34)20-9-11-23(22(29)15-20)35-13-12-18-6-4-3-5-7-18/h3-11,14-15,17H,12-13,16H2,1-2H3,(H,31,33)(H2,30,32,34,37). The number of nitrogens with one attached hydrogen (secondary N) is 3. The van der Waals surface area contributed by atoms with Crippen molar-refractivity contribution in [2.24, 2.45) is 0 Å². The Hall–Kier alpha value is -2.95. The number of hydrogen-bond donors (Lipinski definition) is 3. The number of hydrogen-bond acceptors (Lipinski definition) is 5. The summed E-state index contributed by atoms with van der Waals surface area (Å²) in [5.41, 5.74) is 7.61. The number of carbonyl (C=O) groups is 2. The second-order valence-electron chi connectivity index (χ2n) is 8.32. The van der Waals surface area contributed by atoms with E-state index in [0.29, 0.717) is 34.1 Å². The zero-order valence-electron chi connectivity index (χ0n) is 20.3. The lowest BCUT2D eigenvalue weighted by molar-refractivity contribution is -0.123. The monoisotopic (exact) mass is 647 g/mol. The number of hydrazine groups is 1. The highest BCUT2D eigenvalue weighted by molar-refractivity contribution is 9.10. The summed E-state index contributed by atoms with van der Waals surface area (Å²) in [6.45, 7) is 4.47. The van der Waals surface area contributed by atoms with Gasteiger partial charge in [-0.1, -0.05) is 50.2 Å². The van der Waals surface area contributed by atoms with Crippen molar-refractivity contribution in [2.45, 2.75) is 26.2 Å². The van der Waals surface area contributed by atoms with E-state index < -0.39 is 11.8 Å². The molecule has 0 saturated heterocycles. The van der Waals surface area contributed by atoms with Gasteiger partial charge in [0.15, 0.2) is 11.7 Å². The summed E-state index contributed by atoms with van der Waals surface area (Å²) in [4.78, 5) is 24.7.